The van der Waals surface area contributed by atoms with Gasteiger partial charge in [-0.3, -0.25) is 4.79 Å². The Labute approximate surface area is 190 Å². The van der Waals surface area contributed by atoms with Crippen LogP contribution in [0.1, 0.15) is 36.8 Å². The van der Waals surface area contributed by atoms with Crippen LogP contribution >= 0.6 is 0 Å². The number of hydrogen-bond donors (Lipinski definition) is 0. The maximum atomic E-state index is 12.4. The van der Waals surface area contributed by atoms with Gasteiger partial charge in [0.15, 0.2) is 23.0 Å². The zero-order chi connectivity index (χ0) is 23.5. The SMILES string of the molecule is COc1cc(CCCC(=O)CCCc2cc(OC)c(OC)c(OC)c2)cc(OC)c1OC. The molecule has 0 atom stereocenters. The van der Waals surface area contributed by atoms with Crippen molar-refractivity contribution >= 4 is 5.78 Å². The average Bonchev–Trinajstić information content (AvgIpc) is 2.82. The van der Waals surface area contributed by atoms with E-state index in [0.717, 1.165) is 36.8 Å². The number of aryl methyl sites for hydroxylation is 2. The molecule has 0 spiro atoms. The molecule has 2 aromatic carbocycles. The maximum absolute atomic E-state index is 12.4. The van der Waals surface area contributed by atoms with E-state index in [4.69, 9.17) is 28.4 Å². The van der Waals surface area contributed by atoms with Gasteiger partial charge in [0, 0.05) is 12.8 Å². The average molecular weight is 447 g/mol. The van der Waals surface area contributed by atoms with E-state index in [-0.39, 0.29) is 5.78 Å². The number of hydrogen-bond acceptors (Lipinski definition) is 7. The fourth-order valence-electron chi connectivity index (χ4n) is 3.66. The van der Waals surface area contributed by atoms with Crippen molar-refractivity contribution in [3.63, 3.8) is 0 Å². The van der Waals surface area contributed by atoms with Crippen LogP contribution in [0.5, 0.6) is 34.5 Å². The van der Waals surface area contributed by atoms with Gasteiger partial charge in [-0.2, -0.15) is 0 Å². The van der Waals surface area contributed by atoms with Gasteiger partial charge in [0.2, 0.25) is 11.5 Å². The molecule has 0 aromatic heterocycles. The molecule has 0 saturated carbocycles. The Morgan fingerprint density at radius 3 is 1.12 bits per heavy atom. The molecule has 0 heterocycles. The number of carbonyl (C=O) groups is 1. The van der Waals surface area contributed by atoms with Crippen LogP contribution in [0, 0.1) is 0 Å². The molecule has 7 nitrogen and oxygen atoms in total. The van der Waals surface area contributed by atoms with Gasteiger partial charge in [0.05, 0.1) is 42.7 Å². The number of Topliss-reactive ketones (excluding diaryl/α,β-unsaturated/α-hetero) is 1. The molecule has 0 aliphatic rings. The van der Waals surface area contributed by atoms with Gasteiger partial charge in [0.25, 0.3) is 0 Å². The Balaban J connectivity index is 1.86. The second kappa shape index (κ2) is 12.7. The highest BCUT2D eigenvalue weighted by molar-refractivity contribution is 5.78. The number of benzene rings is 2. The van der Waals surface area contributed by atoms with E-state index in [0.29, 0.717) is 47.3 Å². The highest BCUT2D eigenvalue weighted by Crippen LogP contribution is 2.39. The van der Waals surface area contributed by atoms with E-state index in [1.54, 1.807) is 42.7 Å². The van der Waals surface area contributed by atoms with Gasteiger partial charge in [0.1, 0.15) is 5.78 Å². The number of ether oxygens (including phenoxy) is 6. The molecule has 0 saturated heterocycles. The molecular weight excluding hydrogens is 412 g/mol. The van der Waals surface area contributed by atoms with Gasteiger partial charge in [-0.05, 0) is 61.1 Å². The predicted octanol–water partition coefficient (Wildman–Crippen LogP) is 4.65. The fraction of sp³-hybridized carbons (Fsp3) is 0.480. The monoisotopic (exact) mass is 446 g/mol. The first-order chi connectivity index (χ1) is 15.5. The van der Waals surface area contributed by atoms with Gasteiger partial charge < -0.3 is 28.4 Å². The van der Waals surface area contributed by atoms with E-state index in [9.17, 15) is 4.79 Å². The van der Waals surface area contributed by atoms with E-state index >= 15 is 0 Å². The van der Waals surface area contributed by atoms with Crippen molar-refractivity contribution in [2.45, 2.75) is 38.5 Å². The minimum absolute atomic E-state index is 0.255. The lowest BCUT2D eigenvalue weighted by Crippen LogP contribution is -2.02. The molecule has 0 unspecified atom stereocenters. The molecule has 176 valence electrons. The number of rotatable bonds is 14. The predicted molar refractivity (Wildman–Crippen MR) is 123 cm³/mol. The summed E-state index contributed by atoms with van der Waals surface area (Å²) in [7, 11) is 9.54. The minimum Gasteiger partial charge on any atom is -0.493 e. The summed E-state index contributed by atoms with van der Waals surface area (Å²) in [6, 6.07) is 7.71. The molecule has 7 heteroatoms. The van der Waals surface area contributed by atoms with Crippen molar-refractivity contribution in [1.29, 1.82) is 0 Å². The quantitative estimate of drug-likeness (QED) is 0.418. The Morgan fingerprint density at radius 1 is 0.562 bits per heavy atom. The maximum Gasteiger partial charge on any atom is 0.203 e. The molecule has 2 aromatic rings. The van der Waals surface area contributed by atoms with Crippen LogP contribution in [0.2, 0.25) is 0 Å². The Kier molecular flexibility index (Phi) is 9.98. The summed E-state index contributed by atoms with van der Waals surface area (Å²) in [5.74, 6) is 3.89. The van der Waals surface area contributed by atoms with Crippen molar-refractivity contribution in [3.8, 4) is 34.5 Å². The lowest BCUT2D eigenvalue weighted by molar-refractivity contribution is -0.119. The van der Waals surface area contributed by atoms with E-state index < -0.39 is 0 Å². The van der Waals surface area contributed by atoms with Crippen LogP contribution in [-0.2, 0) is 17.6 Å². The third-order valence-corrected chi connectivity index (χ3v) is 5.29. The second-order valence-electron chi connectivity index (χ2n) is 7.31. The third kappa shape index (κ3) is 6.45. The summed E-state index contributed by atoms with van der Waals surface area (Å²) in [5.41, 5.74) is 2.09. The first-order valence-electron chi connectivity index (χ1n) is 10.6. The molecule has 0 fully saturated rings. The number of carbonyl (C=O) groups excluding carboxylic acids is 1. The van der Waals surface area contributed by atoms with E-state index in [2.05, 4.69) is 0 Å². The summed E-state index contributed by atoms with van der Waals surface area (Å²) in [6.45, 7) is 0. The van der Waals surface area contributed by atoms with Crippen molar-refractivity contribution < 1.29 is 33.2 Å². The standard InChI is InChI=1S/C25H34O7/c1-27-20-13-17(14-21(28-2)24(20)31-5)9-7-11-19(26)12-8-10-18-15-22(29-3)25(32-6)23(16-18)30-4/h13-16H,7-12H2,1-6H3. The number of methoxy groups -OCH3 is 6. The molecule has 0 aliphatic heterocycles. The van der Waals surface area contributed by atoms with Gasteiger partial charge in [-0.25, -0.2) is 0 Å². The zero-order valence-corrected chi connectivity index (χ0v) is 19.9. The number of ketones is 1. The third-order valence-electron chi connectivity index (χ3n) is 5.29. The van der Waals surface area contributed by atoms with E-state index in [1.165, 1.54) is 0 Å². The van der Waals surface area contributed by atoms with Crippen LogP contribution in [0.4, 0.5) is 0 Å². The summed E-state index contributed by atoms with van der Waals surface area (Å²) in [6.07, 6.45) is 4.12. The summed E-state index contributed by atoms with van der Waals surface area (Å²) < 4.78 is 32.3. The highest BCUT2D eigenvalue weighted by atomic mass is 16.5. The van der Waals surface area contributed by atoms with E-state index in [1.807, 2.05) is 24.3 Å². The first kappa shape index (κ1) is 25.2. The largest absolute Gasteiger partial charge is 0.493 e. The normalized spacial score (nSPS) is 10.4. The molecular formula is C25H34O7. The smallest absolute Gasteiger partial charge is 0.203 e. The molecule has 2 rings (SSSR count). The van der Waals surface area contributed by atoms with Crippen molar-refractivity contribution in [2.24, 2.45) is 0 Å². The highest BCUT2D eigenvalue weighted by Gasteiger charge is 2.15. The van der Waals surface area contributed by atoms with Crippen LogP contribution < -0.4 is 28.4 Å². The molecule has 0 bridgehead atoms. The molecule has 0 radical (unpaired) electrons. The topological polar surface area (TPSA) is 72.5 Å². The lowest BCUT2D eigenvalue weighted by Gasteiger charge is -2.14. The Morgan fingerprint density at radius 2 is 0.875 bits per heavy atom. The van der Waals surface area contributed by atoms with Crippen molar-refractivity contribution in [1.82, 2.24) is 0 Å². The van der Waals surface area contributed by atoms with Crippen molar-refractivity contribution in [3.05, 3.63) is 35.4 Å². The molecule has 0 amide bonds. The molecule has 0 aliphatic carbocycles. The van der Waals surface area contributed by atoms with Gasteiger partial charge in [-0.1, -0.05) is 0 Å². The van der Waals surface area contributed by atoms with Gasteiger partial charge in [-0.15, -0.1) is 0 Å². The van der Waals surface area contributed by atoms with Crippen LogP contribution in [-0.4, -0.2) is 48.4 Å². The lowest BCUT2D eigenvalue weighted by atomic mass is 10.0. The molecule has 32 heavy (non-hydrogen) atoms. The van der Waals surface area contributed by atoms with Crippen LogP contribution in [0.25, 0.3) is 0 Å². The summed E-state index contributed by atoms with van der Waals surface area (Å²) in [5, 5.41) is 0. The Hall–Kier alpha value is -3.09. The summed E-state index contributed by atoms with van der Waals surface area (Å²) >= 11 is 0. The Bertz CT molecular complexity index is 770. The minimum atomic E-state index is 0.255. The second-order valence-corrected chi connectivity index (χ2v) is 7.31. The molecule has 0 N–H and O–H groups in total. The van der Waals surface area contributed by atoms with Crippen molar-refractivity contribution in [2.75, 3.05) is 42.7 Å². The first-order valence-corrected chi connectivity index (χ1v) is 10.6. The van der Waals surface area contributed by atoms with Crippen LogP contribution in [0.3, 0.4) is 0 Å². The zero-order valence-electron chi connectivity index (χ0n) is 19.9. The fourth-order valence-corrected chi connectivity index (χ4v) is 3.66. The van der Waals surface area contributed by atoms with Crippen LogP contribution in [0.15, 0.2) is 24.3 Å². The summed E-state index contributed by atoms with van der Waals surface area (Å²) in [4.78, 5) is 12.4. The van der Waals surface area contributed by atoms with Gasteiger partial charge >= 0.3 is 0 Å².